The van der Waals surface area contributed by atoms with Gasteiger partial charge in [0.2, 0.25) is 0 Å². The Balaban J connectivity index is 1.32. The number of hydrogen-bond acceptors (Lipinski definition) is 0. The molecule has 2 aliphatic carbocycles. The molecule has 0 nitrogen and oxygen atoms in total. The van der Waals surface area contributed by atoms with Crippen LogP contribution in [0, 0.1) is 20.9 Å². The molecule has 0 radical (unpaired) electrons. The van der Waals surface area contributed by atoms with Gasteiger partial charge in [0, 0.05) is 0 Å². The standard InChI is InChI=1S/C34H32/c1-2-3-4-5-6-7-11-24-16-18-25(19-17-24)29-14-10-15-31-33-21-27-20-26-12-8-9-13-30(26)32(27)22-28(33)23-34(29)31/h8-10,12-23H,2-7,11H2,1H3. The smallest absolute Gasteiger partial charge is 0.00930 e. The summed E-state index contributed by atoms with van der Waals surface area (Å²) in [5.74, 6) is 0. The lowest BCUT2D eigenvalue weighted by Gasteiger charge is -2.06. The highest BCUT2D eigenvalue weighted by molar-refractivity contribution is 5.71. The topological polar surface area (TPSA) is 0 Å². The van der Waals surface area contributed by atoms with Gasteiger partial charge in [0.05, 0.1) is 0 Å². The Hall–Kier alpha value is -3.38. The highest BCUT2D eigenvalue weighted by atomic mass is 14.1. The summed E-state index contributed by atoms with van der Waals surface area (Å²) in [6.45, 7) is 2.28. The fraction of sp³-hybridized carbons (Fsp3) is 0.235. The maximum atomic E-state index is 2.39. The zero-order valence-corrected chi connectivity index (χ0v) is 20.1. The van der Waals surface area contributed by atoms with Gasteiger partial charge in [0.25, 0.3) is 0 Å². The summed E-state index contributed by atoms with van der Waals surface area (Å²) in [7, 11) is 0. The molecule has 0 atom stereocenters. The predicted octanol–water partition coefficient (Wildman–Crippen LogP) is 7.11. The Morgan fingerprint density at radius 2 is 1.26 bits per heavy atom. The van der Waals surface area contributed by atoms with Gasteiger partial charge in [-0.3, -0.25) is 0 Å². The Labute approximate surface area is 201 Å². The van der Waals surface area contributed by atoms with Gasteiger partial charge < -0.3 is 0 Å². The molecule has 0 saturated heterocycles. The normalized spacial score (nSPS) is 12.4. The molecular formula is C34H32. The van der Waals surface area contributed by atoms with Crippen LogP contribution >= 0.6 is 0 Å². The maximum Gasteiger partial charge on any atom is -0.00930 e. The van der Waals surface area contributed by atoms with E-state index < -0.39 is 0 Å². The van der Waals surface area contributed by atoms with Gasteiger partial charge in [-0.05, 0) is 96.3 Å². The lowest BCUT2D eigenvalue weighted by molar-refractivity contribution is 0.607. The van der Waals surface area contributed by atoms with Gasteiger partial charge in [-0.2, -0.15) is 0 Å². The fourth-order valence-corrected chi connectivity index (χ4v) is 5.70. The van der Waals surface area contributed by atoms with Crippen molar-refractivity contribution in [2.24, 2.45) is 0 Å². The molecule has 4 aromatic carbocycles. The summed E-state index contributed by atoms with van der Waals surface area (Å²) < 4.78 is 0. The minimum absolute atomic E-state index is 1.19. The second-order valence-corrected chi connectivity index (χ2v) is 9.88. The van der Waals surface area contributed by atoms with Crippen molar-refractivity contribution in [2.75, 3.05) is 0 Å². The Morgan fingerprint density at radius 1 is 0.559 bits per heavy atom. The minimum Gasteiger partial charge on any atom is -0.0654 e. The van der Waals surface area contributed by atoms with E-state index in [0.717, 1.165) is 0 Å². The Morgan fingerprint density at radius 3 is 2.12 bits per heavy atom. The van der Waals surface area contributed by atoms with Crippen LogP contribution in [-0.4, -0.2) is 0 Å². The molecule has 0 unspecified atom stereocenters. The monoisotopic (exact) mass is 440 g/mol. The van der Waals surface area contributed by atoms with Crippen LogP contribution < -0.4 is 10.4 Å². The van der Waals surface area contributed by atoms with Crippen LogP contribution in [0.5, 0.6) is 0 Å². The maximum absolute atomic E-state index is 2.39. The molecule has 0 heteroatoms. The van der Waals surface area contributed by atoms with Crippen molar-refractivity contribution in [3.63, 3.8) is 0 Å². The predicted molar refractivity (Wildman–Crippen MR) is 144 cm³/mol. The first-order valence-electron chi connectivity index (χ1n) is 13.0. The molecule has 6 rings (SSSR count). The third kappa shape index (κ3) is 3.82. The first-order chi connectivity index (χ1) is 16.8. The van der Waals surface area contributed by atoms with Crippen LogP contribution in [0.1, 0.15) is 62.1 Å². The van der Waals surface area contributed by atoms with Crippen molar-refractivity contribution < 1.29 is 0 Å². The van der Waals surface area contributed by atoms with Gasteiger partial charge in [-0.25, -0.2) is 0 Å². The van der Waals surface area contributed by atoms with Crippen molar-refractivity contribution >= 4 is 12.2 Å². The molecule has 0 heterocycles. The molecule has 0 fully saturated rings. The molecule has 0 aromatic heterocycles. The zero-order valence-electron chi connectivity index (χ0n) is 20.1. The van der Waals surface area contributed by atoms with Crippen LogP contribution in [-0.2, 0) is 6.42 Å². The van der Waals surface area contributed by atoms with Crippen molar-refractivity contribution in [3.05, 3.63) is 127 Å². The number of rotatable bonds is 8. The van der Waals surface area contributed by atoms with E-state index in [0.29, 0.717) is 0 Å². The molecule has 34 heavy (non-hydrogen) atoms. The molecule has 0 amide bonds. The Bertz CT molecular complexity index is 1670. The lowest BCUT2D eigenvalue weighted by atomic mass is 9.99. The second kappa shape index (κ2) is 9.11. The van der Waals surface area contributed by atoms with Crippen LogP contribution in [0.15, 0.2) is 78.9 Å². The van der Waals surface area contributed by atoms with E-state index in [9.17, 15) is 0 Å². The average Bonchev–Trinajstić information content (AvgIpc) is 3.42. The SMILES string of the molecule is CCCCCCCCc1ccc(-c2cccc3c2=Cc2cc4c(cc2=3)C=c2ccccc2=4)cc1. The summed E-state index contributed by atoms with van der Waals surface area (Å²) in [6, 6.07) is 29.6. The molecule has 0 spiro atoms. The highest BCUT2D eigenvalue weighted by Crippen LogP contribution is 2.23. The van der Waals surface area contributed by atoms with E-state index in [4.69, 9.17) is 0 Å². The number of fused-ring (bicyclic) bond motifs is 4. The van der Waals surface area contributed by atoms with Crippen molar-refractivity contribution in [1.29, 1.82) is 0 Å². The summed E-state index contributed by atoms with van der Waals surface area (Å²) in [5.41, 5.74) is 6.79. The number of benzene rings is 4. The first kappa shape index (κ1) is 21.2. The first-order valence-corrected chi connectivity index (χ1v) is 13.0. The fourth-order valence-electron chi connectivity index (χ4n) is 5.70. The largest absolute Gasteiger partial charge is 0.0654 e. The summed E-state index contributed by atoms with van der Waals surface area (Å²) in [5, 5.41) is 8.12. The number of aryl methyl sites for hydroxylation is 1. The van der Waals surface area contributed by atoms with Crippen molar-refractivity contribution in [3.8, 4) is 11.1 Å². The lowest BCUT2D eigenvalue weighted by Crippen LogP contribution is -2.05. The van der Waals surface area contributed by atoms with Gasteiger partial charge >= 0.3 is 0 Å². The quantitative estimate of drug-likeness (QED) is 0.221. The molecule has 0 bridgehead atoms. The molecular weight excluding hydrogens is 408 g/mol. The molecule has 0 N–H and O–H groups in total. The van der Waals surface area contributed by atoms with E-state index >= 15 is 0 Å². The number of unbranched alkanes of at least 4 members (excludes halogenated alkanes) is 5. The van der Waals surface area contributed by atoms with Crippen LogP contribution in [0.3, 0.4) is 0 Å². The molecule has 0 aliphatic heterocycles. The Kier molecular flexibility index (Phi) is 5.67. The zero-order chi connectivity index (χ0) is 22.9. The van der Waals surface area contributed by atoms with Crippen molar-refractivity contribution in [1.82, 2.24) is 0 Å². The minimum atomic E-state index is 1.19. The van der Waals surface area contributed by atoms with Crippen LogP contribution in [0.2, 0.25) is 0 Å². The molecule has 0 saturated carbocycles. The van der Waals surface area contributed by atoms with E-state index in [-0.39, 0.29) is 0 Å². The van der Waals surface area contributed by atoms with E-state index in [2.05, 4.69) is 97.9 Å². The van der Waals surface area contributed by atoms with Gasteiger partial charge in [0.1, 0.15) is 0 Å². The molecule has 168 valence electrons. The summed E-state index contributed by atoms with van der Waals surface area (Å²) >= 11 is 0. The van der Waals surface area contributed by atoms with E-state index in [1.54, 1.807) is 0 Å². The number of hydrogen-bond donors (Lipinski definition) is 0. The van der Waals surface area contributed by atoms with E-state index in [1.165, 1.54) is 104 Å². The molecule has 4 aromatic rings. The van der Waals surface area contributed by atoms with Crippen LogP contribution in [0.25, 0.3) is 23.3 Å². The summed E-state index contributed by atoms with van der Waals surface area (Å²) in [4.78, 5) is 0. The average molecular weight is 441 g/mol. The summed E-state index contributed by atoms with van der Waals surface area (Å²) in [6.07, 6.45) is 14.0. The third-order valence-corrected chi connectivity index (χ3v) is 7.56. The van der Waals surface area contributed by atoms with Crippen LogP contribution in [0.4, 0.5) is 0 Å². The van der Waals surface area contributed by atoms with Gasteiger partial charge in [0.15, 0.2) is 0 Å². The third-order valence-electron chi connectivity index (χ3n) is 7.56. The highest BCUT2D eigenvalue weighted by Gasteiger charge is 2.11. The van der Waals surface area contributed by atoms with Gasteiger partial charge in [-0.1, -0.05) is 106 Å². The van der Waals surface area contributed by atoms with Crippen molar-refractivity contribution in [2.45, 2.75) is 51.9 Å². The second-order valence-electron chi connectivity index (χ2n) is 9.88. The molecule has 2 aliphatic rings. The van der Waals surface area contributed by atoms with Gasteiger partial charge in [-0.15, -0.1) is 0 Å². The van der Waals surface area contributed by atoms with E-state index in [1.807, 2.05) is 0 Å².